The minimum Gasteiger partial charge on any atom is -0.466 e. The van der Waals surface area contributed by atoms with Gasteiger partial charge >= 0.3 is 5.97 Å². The van der Waals surface area contributed by atoms with E-state index in [1.165, 1.54) is 11.8 Å². The number of esters is 1. The van der Waals surface area contributed by atoms with Gasteiger partial charge in [-0.3, -0.25) is 23.9 Å². The Morgan fingerprint density at radius 3 is 2.65 bits per heavy atom. The van der Waals surface area contributed by atoms with Crippen LogP contribution in [-0.2, 0) is 20.9 Å². The molecule has 2 unspecified atom stereocenters. The van der Waals surface area contributed by atoms with Crippen molar-refractivity contribution >= 4 is 52.1 Å². The highest BCUT2D eigenvalue weighted by atomic mass is 32.2. The van der Waals surface area contributed by atoms with Gasteiger partial charge in [0, 0.05) is 25.2 Å². The van der Waals surface area contributed by atoms with E-state index in [1.807, 2.05) is 49.1 Å². The van der Waals surface area contributed by atoms with Crippen LogP contribution in [0.4, 0.5) is 5.82 Å². The first kappa shape index (κ1) is 29.6. The predicted molar refractivity (Wildman–Crippen MR) is 162 cm³/mol. The van der Waals surface area contributed by atoms with E-state index in [1.54, 1.807) is 29.4 Å². The molecule has 10 heteroatoms. The average Bonchev–Trinajstić information content (AvgIpc) is 3.24. The summed E-state index contributed by atoms with van der Waals surface area (Å²) in [5, 5.41) is 9.93. The Labute approximate surface area is 244 Å². The van der Waals surface area contributed by atoms with Crippen LogP contribution >= 0.6 is 24.0 Å². The first-order valence-corrected chi connectivity index (χ1v) is 14.9. The summed E-state index contributed by atoms with van der Waals surface area (Å²) in [6.07, 6.45) is 3.89. The van der Waals surface area contributed by atoms with Crippen molar-refractivity contribution < 1.29 is 14.3 Å². The third-order valence-electron chi connectivity index (χ3n) is 7.40. The smallest absolute Gasteiger partial charge is 0.310 e. The Morgan fingerprint density at radius 1 is 1.27 bits per heavy atom. The van der Waals surface area contributed by atoms with E-state index in [0.717, 1.165) is 12.0 Å². The normalized spacial score (nSPS) is 19.2. The molecule has 210 valence electrons. The van der Waals surface area contributed by atoms with E-state index in [2.05, 4.69) is 6.07 Å². The zero-order valence-corrected chi connectivity index (χ0v) is 24.9. The fraction of sp³-hybridized carbons (Fsp3) is 0.433. The number of pyridine rings is 1. The molecule has 2 aliphatic heterocycles. The number of thiocarbonyl (C=S) groups is 1. The fourth-order valence-corrected chi connectivity index (χ4v) is 6.76. The van der Waals surface area contributed by atoms with Crippen LogP contribution in [0.1, 0.15) is 68.3 Å². The molecule has 2 aliphatic rings. The van der Waals surface area contributed by atoms with Gasteiger partial charge in [0.05, 0.1) is 23.5 Å². The Bertz CT molecular complexity index is 1440. The topological polar surface area (TPSA) is 95.6 Å². The molecule has 2 aromatic rings. The number of thioether (sulfide) groups is 1. The van der Waals surface area contributed by atoms with Gasteiger partial charge in [0.1, 0.15) is 21.8 Å². The number of amides is 1. The summed E-state index contributed by atoms with van der Waals surface area (Å²) >= 11 is 6.86. The number of hydrogen-bond donors (Lipinski definition) is 0. The van der Waals surface area contributed by atoms with Gasteiger partial charge in [0.2, 0.25) is 0 Å². The lowest BCUT2D eigenvalue weighted by atomic mass is 9.96. The van der Waals surface area contributed by atoms with Crippen LogP contribution in [0.5, 0.6) is 0 Å². The molecule has 0 spiro atoms. The van der Waals surface area contributed by atoms with Crippen molar-refractivity contribution in [2.45, 2.75) is 59.5 Å². The summed E-state index contributed by atoms with van der Waals surface area (Å²) in [5.74, 6) is -0.169. The quantitative estimate of drug-likeness (QED) is 0.240. The number of anilines is 1. The van der Waals surface area contributed by atoms with Gasteiger partial charge < -0.3 is 9.64 Å². The third kappa shape index (κ3) is 5.72. The minimum atomic E-state index is -0.363. The van der Waals surface area contributed by atoms with Gasteiger partial charge in [-0.2, -0.15) is 5.26 Å². The monoisotopic (exact) mass is 578 g/mol. The molecule has 2 fully saturated rings. The minimum absolute atomic E-state index is 0.0514. The Hall–Kier alpha value is -3.42. The van der Waals surface area contributed by atoms with Crippen molar-refractivity contribution in [1.82, 2.24) is 9.47 Å². The maximum Gasteiger partial charge on any atom is 0.310 e. The van der Waals surface area contributed by atoms with Crippen LogP contribution in [0.3, 0.4) is 0 Å². The van der Waals surface area contributed by atoms with Crippen molar-refractivity contribution in [2.24, 2.45) is 5.92 Å². The van der Waals surface area contributed by atoms with Crippen molar-refractivity contribution in [3.63, 3.8) is 0 Å². The van der Waals surface area contributed by atoms with Gasteiger partial charge in [0.15, 0.2) is 0 Å². The molecule has 1 aromatic heterocycles. The third-order valence-corrected chi connectivity index (χ3v) is 8.73. The molecule has 0 aliphatic carbocycles. The Kier molecular flexibility index (Phi) is 9.48. The van der Waals surface area contributed by atoms with Gasteiger partial charge in [-0.15, -0.1) is 0 Å². The Balaban J connectivity index is 1.84. The van der Waals surface area contributed by atoms with E-state index >= 15 is 0 Å². The van der Waals surface area contributed by atoms with Gasteiger partial charge in [-0.25, -0.2) is 0 Å². The SMILES string of the molecule is CCCn1c(N2CCCC(C(=O)OCC)C2)c(C=C2SC(=S)N(C(C)c3ccccc3)C2=O)c(C)c(C#N)c1=O. The maximum absolute atomic E-state index is 13.7. The molecule has 2 atom stereocenters. The molecule has 2 saturated heterocycles. The maximum atomic E-state index is 13.7. The Morgan fingerprint density at radius 2 is 2.00 bits per heavy atom. The molecule has 0 bridgehead atoms. The number of piperidine rings is 1. The van der Waals surface area contributed by atoms with Gasteiger partial charge in [-0.1, -0.05) is 61.2 Å². The van der Waals surface area contributed by atoms with Crippen LogP contribution in [0.15, 0.2) is 40.0 Å². The number of nitrogens with zero attached hydrogens (tertiary/aromatic N) is 4. The lowest BCUT2D eigenvalue weighted by molar-refractivity contribution is -0.148. The number of benzene rings is 1. The summed E-state index contributed by atoms with van der Waals surface area (Å²) in [6, 6.07) is 11.5. The summed E-state index contributed by atoms with van der Waals surface area (Å²) < 4.78 is 7.38. The van der Waals surface area contributed by atoms with Crippen LogP contribution in [-0.4, -0.2) is 45.4 Å². The number of rotatable bonds is 8. The molecule has 1 aromatic carbocycles. The molecular weight excluding hydrogens is 544 g/mol. The van der Waals surface area contributed by atoms with E-state index < -0.39 is 0 Å². The highest BCUT2D eigenvalue weighted by Crippen LogP contribution is 2.40. The van der Waals surface area contributed by atoms with E-state index in [-0.39, 0.29) is 35.0 Å². The van der Waals surface area contributed by atoms with Crippen LogP contribution < -0.4 is 10.5 Å². The molecule has 3 heterocycles. The molecule has 1 amide bonds. The molecule has 4 rings (SSSR count). The number of nitriles is 1. The second-order valence-electron chi connectivity index (χ2n) is 9.98. The first-order chi connectivity index (χ1) is 19.2. The van der Waals surface area contributed by atoms with Gasteiger partial charge in [0.25, 0.3) is 11.5 Å². The molecule has 0 N–H and O–H groups in total. The molecule has 8 nitrogen and oxygen atoms in total. The van der Waals surface area contributed by atoms with Crippen LogP contribution in [0.2, 0.25) is 0 Å². The summed E-state index contributed by atoms with van der Waals surface area (Å²) in [6.45, 7) is 9.17. The van der Waals surface area contributed by atoms with Crippen molar-refractivity contribution in [3.8, 4) is 6.07 Å². The van der Waals surface area contributed by atoms with E-state index in [4.69, 9.17) is 17.0 Å². The second kappa shape index (κ2) is 12.8. The standard InChI is InChI=1S/C30H34N4O4S2/c1-5-14-33-26(32-15-10-13-22(18-32)29(37)38-6-2)23(19(3)24(17-31)27(33)35)16-25-28(36)34(30(39)40-25)20(4)21-11-8-7-9-12-21/h7-9,11-12,16,20,22H,5-6,10,13-15,18H2,1-4H3. The predicted octanol–water partition coefficient (Wildman–Crippen LogP) is 5.18. The second-order valence-corrected chi connectivity index (χ2v) is 11.7. The highest BCUT2D eigenvalue weighted by Gasteiger charge is 2.37. The van der Waals surface area contributed by atoms with Gasteiger partial charge in [-0.05, 0) is 57.2 Å². The summed E-state index contributed by atoms with van der Waals surface area (Å²) in [4.78, 5) is 43.9. The number of aromatic nitrogens is 1. The summed E-state index contributed by atoms with van der Waals surface area (Å²) in [5.41, 5.74) is 1.79. The number of carbonyl (C=O) groups is 2. The molecule has 40 heavy (non-hydrogen) atoms. The zero-order chi connectivity index (χ0) is 29.0. The molecular formula is C30H34N4O4S2. The lowest BCUT2D eigenvalue weighted by Crippen LogP contribution is -2.43. The average molecular weight is 579 g/mol. The zero-order valence-electron chi connectivity index (χ0n) is 23.3. The van der Waals surface area contributed by atoms with Crippen molar-refractivity contribution in [2.75, 3.05) is 24.6 Å². The van der Waals surface area contributed by atoms with Crippen LogP contribution in [0.25, 0.3) is 6.08 Å². The van der Waals surface area contributed by atoms with Crippen LogP contribution in [0, 0.1) is 24.2 Å². The molecule has 0 saturated carbocycles. The summed E-state index contributed by atoms with van der Waals surface area (Å²) in [7, 11) is 0. The fourth-order valence-electron chi connectivity index (χ4n) is 5.36. The highest BCUT2D eigenvalue weighted by molar-refractivity contribution is 8.26. The van der Waals surface area contributed by atoms with Crippen molar-refractivity contribution in [3.05, 3.63) is 67.8 Å². The number of ether oxygens (including phenoxy) is 1. The first-order valence-electron chi connectivity index (χ1n) is 13.6. The largest absolute Gasteiger partial charge is 0.466 e. The molecule has 0 radical (unpaired) electrons. The lowest BCUT2D eigenvalue weighted by Gasteiger charge is -2.36. The number of hydrogen-bond acceptors (Lipinski definition) is 8. The van der Waals surface area contributed by atoms with E-state index in [9.17, 15) is 19.6 Å². The van der Waals surface area contributed by atoms with E-state index in [0.29, 0.717) is 65.3 Å². The van der Waals surface area contributed by atoms with Crippen molar-refractivity contribution in [1.29, 1.82) is 5.26 Å². The number of carbonyl (C=O) groups excluding carboxylic acids is 2.